The highest BCUT2D eigenvalue weighted by molar-refractivity contribution is 6.30. The third-order valence-corrected chi connectivity index (χ3v) is 2.79. The molecule has 0 aliphatic carbocycles. The molecule has 1 aromatic rings. The molecule has 0 unspecified atom stereocenters. The first kappa shape index (κ1) is 12.1. The van der Waals surface area contributed by atoms with Crippen LogP contribution in [0.2, 0.25) is 0 Å². The molecule has 0 fully saturated rings. The predicted octanol–water partition coefficient (Wildman–Crippen LogP) is 3.10. The molecule has 0 amide bonds. The largest absolute Gasteiger partial charge is 0.348 e. The number of carbonyl (C=O) groups excluding carboxylic acids is 1. The molecule has 0 saturated heterocycles. The summed E-state index contributed by atoms with van der Waals surface area (Å²) >= 11 is 5.55. The Morgan fingerprint density at radius 3 is 2.80 bits per heavy atom. The number of carbonyl (C=O) groups is 1. The summed E-state index contributed by atoms with van der Waals surface area (Å²) in [5, 5.41) is 0. The van der Waals surface area contributed by atoms with Crippen LogP contribution in [0, 0.1) is 13.8 Å². The van der Waals surface area contributed by atoms with Crippen molar-refractivity contribution in [2.45, 2.75) is 26.8 Å². The van der Waals surface area contributed by atoms with E-state index in [1.165, 1.54) is 0 Å². The Morgan fingerprint density at radius 1 is 1.60 bits per heavy atom. The standard InChI is InChI=1S/C12H16ClNO/c1-4-5-6-14-9(2)7-11(10(14)3)12(15)8-13/h4,7H,1,5-6,8H2,2-3H3. The van der Waals surface area contributed by atoms with Gasteiger partial charge in [0.25, 0.3) is 0 Å². The summed E-state index contributed by atoms with van der Waals surface area (Å²) in [5.41, 5.74) is 2.84. The normalized spacial score (nSPS) is 10.3. The average molecular weight is 226 g/mol. The molecule has 3 heteroatoms. The highest BCUT2D eigenvalue weighted by Crippen LogP contribution is 2.16. The van der Waals surface area contributed by atoms with Gasteiger partial charge in [0.05, 0.1) is 5.88 Å². The van der Waals surface area contributed by atoms with Gasteiger partial charge in [-0.2, -0.15) is 0 Å². The number of halogens is 1. The Morgan fingerprint density at radius 2 is 2.27 bits per heavy atom. The van der Waals surface area contributed by atoms with Crippen molar-refractivity contribution in [3.8, 4) is 0 Å². The number of alkyl halides is 1. The molecule has 0 aliphatic heterocycles. The van der Waals surface area contributed by atoms with Crippen molar-refractivity contribution in [3.63, 3.8) is 0 Å². The zero-order chi connectivity index (χ0) is 11.4. The molecule has 0 aliphatic rings. The zero-order valence-corrected chi connectivity index (χ0v) is 9.97. The van der Waals surface area contributed by atoms with Crippen LogP contribution in [0.3, 0.4) is 0 Å². The minimum absolute atomic E-state index is 0.00498. The smallest absolute Gasteiger partial charge is 0.179 e. The van der Waals surface area contributed by atoms with Crippen molar-refractivity contribution < 1.29 is 4.79 Å². The second-order valence-corrected chi connectivity index (χ2v) is 3.84. The maximum atomic E-state index is 11.5. The fraction of sp³-hybridized carbons (Fsp3) is 0.417. The van der Waals surface area contributed by atoms with Crippen LogP contribution in [0.15, 0.2) is 18.7 Å². The number of aromatic nitrogens is 1. The van der Waals surface area contributed by atoms with E-state index in [0.717, 1.165) is 29.9 Å². The summed E-state index contributed by atoms with van der Waals surface area (Å²) < 4.78 is 2.13. The van der Waals surface area contributed by atoms with Crippen molar-refractivity contribution in [1.82, 2.24) is 4.57 Å². The molecule has 2 nitrogen and oxygen atoms in total. The molecule has 0 N–H and O–H groups in total. The Balaban J connectivity index is 3.02. The molecule has 0 spiro atoms. The van der Waals surface area contributed by atoms with E-state index < -0.39 is 0 Å². The first-order valence-corrected chi connectivity index (χ1v) is 5.52. The lowest BCUT2D eigenvalue weighted by Gasteiger charge is -2.07. The molecule has 0 atom stereocenters. The summed E-state index contributed by atoms with van der Waals surface area (Å²) in [6.45, 7) is 8.52. The fourth-order valence-electron chi connectivity index (χ4n) is 1.72. The van der Waals surface area contributed by atoms with Gasteiger partial charge in [0.1, 0.15) is 0 Å². The van der Waals surface area contributed by atoms with Crippen LogP contribution in [0.5, 0.6) is 0 Å². The van der Waals surface area contributed by atoms with Gasteiger partial charge in [-0.25, -0.2) is 0 Å². The predicted molar refractivity (Wildman–Crippen MR) is 63.8 cm³/mol. The minimum Gasteiger partial charge on any atom is -0.348 e. The third kappa shape index (κ3) is 2.51. The Kier molecular flexibility index (Phi) is 4.15. The van der Waals surface area contributed by atoms with Gasteiger partial charge in [-0.3, -0.25) is 4.79 Å². The highest BCUT2D eigenvalue weighted by Gasteiger charge is 2.13. The van der Waals surface area contributed by atoms with Gasteiger partial charge in [-0.1, -0.05) is 6.08 Å². The van der Waals surface area contributed by atoms with Gasteiger partial charge in [-0.15, -0.1) is 18.2 Å². The first-order chi connectivity index (χ1) is 7.11. The third-order valence-electron chi connectivity index (χ3n) is 2.55. The zero-order valence-electron chi connectivity index (χ0n) is 9.22. The monoisotopic (exact) mass is 225 g/mol. The first-order valence-electron chi connectivity index (χ1n) is 4.98. The molecule has 15 heavy (non-hydrogen) atoms. The van der Waals surface area contributed by atoms with Crippen LogP contribution >= 0.6 is 11.6 Å². The highest BCUT2D eigenvalue weighted by atomic mass is 35.5. The van der Waals surface area contributed by atoms with Gasteiger partial charge in [-0.05, 0) is 26.3 Å². The lowest BCUT2D eigenvalue weighted by Crippen LogP contribution is -2.05. The van der Waals surface area contributed by atoms with Crippen LogP contribution in [-0.4, -0.2) is 16.2 Å². The van der Waals surface area contributed by atoms with Crippen LogP contribution in [-0.2, 0) is 6.54 Å². The second-order valence-electron chi connectivity index (χ2n) is 3.57. The number of aryl methyl sites for hydroxylation is 1. The quantitative estimate of drug-likeness (QED) is 0.429. The number of allylic oxidation sites excluding steroid dienone is 1. The van der Waals surface area contributed by atoms with Crippen molar-refractivity contribution in [2.75, 3.05) is 5.88 Å². The SMILES string of the molecule is C=CCCn1c(C)cc(C(=O)CCl)c1C. The number of rotatable bonds is 5. The van der Waals surface area contributed by atoms with Crippen LogP contribution in [0.25, 0.3) is 0 Å². The van der Waals surface area contributed by atoms with E-state index in [9.17, 15) is 4.79 Å². The van der Waals surface area contributed by atoms with Gasteiger partial charge in [0.2, 0.25) is 0 Å². The maximum Gasteiger partial charge on any atom is 0.179 e. The van der Waals surface area contributed by atoms with Crippen molar-refractivity contribution in [1.29, 1.82) is 0 Å². The Labute approximate surface area is 95.5 Å². The van der Waals surface area contributed by atoms with E-state index >= 15 is 0 Å². The van der Waals surface area contributed by atoms with E-state index in [-0.39, 0.29) is 11.7 Å². The molecular formula is C12H16ClNO. The Bertz CT molecular complexity index is 379. The number of ketones is 1. The molecular weight excluding hydrogens is 210 g/mol. The van der Waals surface area contributed by atoms with E-state index in [0.29, 0.717) is 0 Å². The number of hydrogen-bond donors (Lipinski definition) is 0. The van der Waals surface area contributed by atoms with Gasteiger partial charge in [0, 0.05) is 23.5 Å². The lowest BCUT2D eigenvalue weighted by atomic mass is 10.2. The number of Topliss-reactive ketones (excluding diaryl/α,β-unsaturated/α-hetero) is 1. The van der Waals surface area contributed by atoms with E-state index in [2.05, 4.69) is 11.1 Å². The summed E-state index contributed by atoms with van der Waals surface area (Å²) in [5.74, 6) is 0.0424. The summed E-state index contributed by atoms with van der Waals surface area (Å²) in [6.07, 6.45) is 2.78. The molecule has 0 bridgehead atoms. The second kappa shape index (κ2) is 5.17. The molecule has 82 valence electrons. The number of hydrogen-bond acceptors (Lipinski definition) is 1. The van der Waals surface area contributed by atoms with Crippen molar-refractivity contribution in [2.24, 2.45) is 0 Å². The molecule has 0 radical (unpaired) electrons. The molecule has 1 heterocycles. The number of nitrogens with zero attached hydrogens (tertiary/aromatic N) is 1. The molecule has 0 saturated carbocycles. The van der Waals surface area contributed by atoms with Crippen LogP contribution in [0.1, 0.15) is 28.2 Å². The summed E-state index contributed by atoms with van der Waals surface area (Å²) in [6, 6.07) is 1.91. The topological polar surface area (TPSA) is 22.0 Å². The van der Waals surface area contributed by atoms with Crippen LogP contribution in [0.4, 0.5) is 0 Å². The van der Waals surface area contributed by atoms with Crippen molar-refractivity contribution >= 4 is 17.4 Å². The van der Waals surface area contributed by atoms with Gasteiger partial charge < -0.3 is 4.57 Å². The van der Waals surface area contributed by atoms with Gasteiger partial charge in [0.15, 0.2) is 5.78 Å². The van der Waals surface area contributed by atoms with E-state index in [1.54, 1.807) is 0 Å². The molecule has 0 aromatic carbocycles. The summed E-state index contributed by atoms with van der Waals surface area (Å²) in [7, 11) is 0. The van der Waals surface area contributed by atoms with Crippen molar-refractivity contribution in [3.05, 3.63) is 35.7 Å². The lowest BCUT2D eigenvalue weighted by molar-refractivity contribution is 0.102. The van der Waals surface area contributed by atoms with E-state index in [4.69, 9.17) is 11.6 Å². The fourth-order valence-corrected chi connectivity index (χ4v) is 1.86. The maximum absolute atomic E-state index is 11.5. The molecule has 1 aromatic heterocycles. The average Bonchev–Trinajstić information content (AvgIpc) is 2.51. The minimum atomic E-state index is -0.00498. The summed E-state index contributed by atoms with van der Waals surface area (Å²) in [4.78, 5) is 11.5. The van der Waals surface area contributed by atoms with E-state index in [1.807, 2.05) is 26.0 Å². The van der Waals surface area contributed by atoms with Crippen LogP contribution < -0.4 is 0 Å². The van der Waals surface area contributed by atoms with Gasteiger partial charge >= 0.3 is 0 Å². The Hall–Kier alpha value is -1.02. The molecule has 1 rings (SSSR count).